The molecule has 0 amide bonds. The van der Waals surface area contributed by atoms with E-state index in [-0.39, 0.29) is 16.3 Å². The third-order valence-electron chi connectivity index (χ3n) is 10.9. The quantitative estimate of drug-likeness (QED) is 0.0837. The minimum atomic E-state index is -4.45. The van der Waals surface area contributed by atoms with Gasteiger partial charge in [0.15, 0.2) is 16.8 Å². The van der Waals surface area contributed by atoms with Crippen LogP contribution >= 0.6 is 22.7 Å². The van der Waals surface area contributed by atoms with Gasteiger partial charge in [0, 0.05) is 5.69 Å². The van der Waals surface area contributed by atoms with Crippen LogP contribution in [-0.2, 0) is 35.8 Å². The molecule has 0 saturated heterocycles. The predicted octanol–water partition coefficient (Wildman–Crippen LogP) is 12.7. The maximum absolute atomic E-state index is 12.2. The van der Waals surface area contributed by atoms with Gasteiger partial charge in [-0.2, -0.15) is 23.5 Å². The molecule has 0 saturated carbocycles. The number of hydrogen-bond acceptors (Lipinski definition) is 13. The second-order valence-electron chi connectivity index (χ2n) is 15.3. The number of benzene rings is 4. The highest BCUT2D eigenvalue weighted by Gasteiger charge is 2.27. The molecule has 0 aliphatic carbocycles. The van der Waals surface area contributed by atoms with Gasteiger partial charge in [-0.25, -0.2) is 15.0 Å². The topological polar surface area (TPSA) is 175 Å². The van der Waals surface area contributed by atoms with E-state index in [0.717, 1.165) is 86.2 Å². The number of fused-ring (bicyclic) bond motifs is 2. The molecular weight excluding hydrogens is 849 g/mol. The summed E-state index contributed by atoms with van der Waals surface area (Å²) in [7, 11) is -4.45. The number of para-hydroxylation sites is 1. The maximum atomic E-state index is 12.2. The lowest BCUT2D eigenvalue weighted by Gasteiger charge is -2.28. The number of anilines is 5. The zero-order valence-corrected chi connectivity index (χ0v) is 38.7. The molecule has 8 aromatic rings. The molecule has 8 rings (SSSR count). The first kappa shape index (κ1) is 43.3. The monoisotopic (exact) mass is 894 g/mol. The van der Waals surface area contributed by atoms with Crippen LogP contribution in [0.3, 0.4) is 0 Å². The molecule has 0 unspecified atom stereocenters. The fraction of sp³-hybridized carbons (Fsp3) is 0.255. The molecule has 4 heterocycles. The Labute approximate surface area is 374 Å². The minimum absolute atomic E-state index is 0.207. The Kier molecular flexibility index (Phi) is 12.0. The molecule has 320 valence electrons. The van der Waals surface area contributed by atoms with E-state index in [2.05, 4.69) is 77.2 Å². The summed E-state index contributed by atoms with van der Waals surface area (Å²) in [5.74, 6) is 1.24. The predicted molar refractivity (Wildman–Crippen MR) is 254 cm³/mol. The molecule has 4 aromatic carbocycles. The van der Waals surface area contributed by atoms with Crippen molar-refractivity contribution in [3.63, 3.8) is 0 Å². The van der Waals surface area contributed by atoms with Crippen LogP contribution in [0.2, 0.25) is 0 Å². The average Bonchev–Trinajstić information content (AvgIpc) is 3.98. The van der Waals surface area contributed by atoms with Gasteiger partial charge in [0.25, 0.3) is 10.1 Å². The molecule has 0 spiro atoms. The van der Waals surface area contributed by atoms with Gasteiger partial charge in [-0.3, -0.25) is 9.45 Å². The van der Waals surface area contributed by atoms with E-state index in [1.54, 1.807) is 17.7 Å². The average molecular weight is 895 g/mol. The zero-order valence-electron chi connectivity index (χ0n) is 36.3. The summed E-state index contributed by atoms with van der Waals surface area (Å²) in [6.07, 6.45) is 2.98. The summed E-state index contributed by atoms with van der Waals surface area (Å²) in [6.45, 7) is 16.4. The summed E-state index contributed by atoms with van der Waals surface area (Å²) in [5, 5.41) is 29.6. The number of thiazole rings is 2. The fourth-order valence-electron chi connectivity index (χ4n) is 7.89. The number of azo groups is 1. The van der Waals surface area contributed by atoms with Gasteiger partial charge in [-0.15, -0.1) is 10.2 Å². The molecule has 63 heavy (non-hydrogen) atoms. The summed E-state index contributed by atoms with van der Waals surface area (Å²) >= 11 is 2.76. The van der Waals surface area contributed by atoms with Crippen LogP contribution in [0, 0.1) is 39.0 Å². The number of aromatic nitrogens is 5. The van der Waals surface area contributed by atoms with E-state index in [0.29, 0.717) is 43.5 Å². The van der Waals surface area contributed by atoms with Crippen molar-refractivity contribution in [3.05, 3.63) is 123 Å². The van der Waals surface area contributed by atoms with Crippen molar-refractivity contribution in [2.45, 2.75) is 86.0 Å². The number of aryl methyl sites for hydroxylation is 8. The SMILES string of the molecule is CCc1cc(C)cc(CC)c1Nc1nc(N(c2nc3ccc(S(=O)(=O)O)cc3s2)c2c(CC)cc(C)cc2CC)cc(C)c1N=Nc1c(C#N)c(C)nn1-c1nc2ccccc2s1. The van der Waals surface area contributed by atoms with Gasteiger partial charge >= 0.3 is 0 Å². The van der Waals surface area contributed by atoms with Crippen LogP contribution in [0.1, 0.15) is 77.9 Å². The maximum Gasteiger partial charge on any atom is 0.294 e. The Bertz CT molecular complexity index is 3190. The number of nitrogens with one attached hydrogen (secondary N) is 1. The standard InChI is InChI=1S/C47H46N10O3S3/c1-9-30-19-26(5)20-31(10-2)42(30)52-44-41(53-54-45-35(25-48)29(8)55-57(45)47-50-36-15-13-14-16-38(36)61-47)28(7)23-40(51-44)56(43-32(11-3)21-27(6)22-33(43)12-4)46-49-37-18-17-34(63(58,59)60)24-39(37)62-46/h13-24H,9-12H2,1-8H3,(H,51,52)(H,58,59,60). The smallest absolute Gasteiger partial charge is 0.294 e. The van der Waals surface area contributed by atoms with Crippen LogP contribution < -0.4 is 10.2 Å². The highest BCUT2D eigenvalue weighted by Crippen LogP contribution is 2.46. The second kappa shape index (κ2) is 17.4. The molecule has 0 atom stereocenters. The molecule has 2 N–H and O–H groups in total. The van der Waals surface area contributed by atoms with Gasteiger partial charge in [0.1, 0.15) is 23.1 Å². The first-order valence-electron chi connectivity index (χ1n) is 20.7. The van der Waals surface area contributed by atoms with Crippen molar-refractivity contribution in [1.82, 2.24) is 24.7 Å². The van der Waals surface area contributed by atoms with Crippen molar-refractivity contribution in [1.29, 1.82) is 5.26 Å². The van der Waals surface area contributed by atoms with Gasteiger partial charge in [-0.05, 0) is 118 Å². The normalized spacial score (nSPS) is 11.9. The Morgan fingerprint density at radius 3 is 2.03 bits per heavy atom. The van der Waals surface area contributed by atoms with E-state index in [1.165, 1.54) is 34.8 Å². The minimum Gasteiger partial charge on any atom is -0.338 e. The molecule has 13 nitrogen and oxygen atoms in total. The summed E-state index contributed by atoms with van der Waals surface area (Å²) in [6, 6.07) is 25.2. The number of hydrogen-bond donors (Lipinski definition) is 2. The molecule has 0 aliphatic rings. The van der Waals surface area contributed by atoms with Crippen LogP contribution in [0.15, 0.2) is 87.9 Å². The molecule has 0 aliphatic heterocycles. The van der Waals surface area contributed by atoms with Crippen LogP contribution in [0.4, 0.5) is 39.6 Å². The molecule has 0 fully saturated rings. The van der Waals surface area contributed by atoms with E-state index < -0.39 is 10.1 Å². The Balaban J connectivity index is 1.38. The summed E-state index contributed by atoms with van der Waals surface area (Å²) in [4.78, 5) is 17.1. The van der Waals surface area contributed by atoms with Crippen molar-refractivity contribution in [2.24, 2.45) is 10.2 Å². The molecule has 16 heteroatoms. The van der Waals surface area contributed by atoms with Crippen LogP contribution in [-0.4, -0.2) is 37.7 Å². The Morgan fingerprint density at radius 2 is 1.41 bits per heavy atom. The lowest BCUT2D eigenvalue weighted by atomic mass is 9.98. The third kappa shape index (κ3) is 8.32. The van der Waals surface area contributed by atoms with Gasteiger partial charge in [0.2, 0.25) is 5.13 Å². The highest BCUT2D eigenvalue weighted by molar-refractivity contribution is 7.85. The van der Waals surface area contributed by atoms with Gasteiger partial charge in [0.05, 0.1) is 36.7 Å². The van der Waals surface area contributed by atoms with Crippen molar-refractivity contribution in [2.75, 3.05) is 10.2 Å². The molecule has 0 bridgehead atoms. The first-order valence-corrected chi connectivity index (χ1v) is 23.8. The lowest BCUT2D eigenvalue weighted by Crippen LogP contribution is -2.17. The molecular formula is C47H46N10O3S3. The Hall–Kier alpha value is -6.38. The summed E-state index contributed by atoms with van der Waals surface area (Å²) < 4.78 is 37.5. The van der Waals surface area contributed by atoms with Gasteiger partial charge < -0.3 is 5.32 Å². The van der Waals surface area contributed by atoms with Crippen molar-refractivity contribution >= 4 is 92.9 Å². The lowest BCUT2D eigenvalue weighted by molar-refractivity contribution is 0.483. The van der Waals surface area contributed by atoms with Crippen LogP contribution in [0.5, 0.6) is 0 Å². The second-order valence-corrected chi connectivity index (χ2v) is 18.8. The summed E-state index contributed by atoms with van der Waals surface area (Å²) in [5.41, 5.74) is 11.9. The fourth-order valence-corrected chi connectivity index (χ4v) is 10.4. The third-order valence-corrected chi connectivity index (χ3v) is 13.8. The number of nitrogens with zero attached hydrogens (tertiary/aromatic N) is 9. The molecule has 0 radical (unpaired) electrons. The molecule has 4 aromatic heterocycles. The van der Waals surface area contributed by atoms with Crippen molar-refractivity contribution < 1.29 is 13.0 Å². The zero-order chi connectivity index (χ0) is 44.7. The van der Waals surface area contributed by atoms with E-state index in [1.807, 2.05) is 42.2 Å². The first-order chi connectivity index (χ1) is 30.2. The largest absolute Gasteiger partial charge is 0.338 e. The number of nitriles is 1. The van der Waals surface area contributed by atoms with Gasteiger partial charge in [-0.1, -0.05) is 97.9 Å². The number of pyridine rings is 1. The highest BCUT2D eigenvalue weighted by atomic mass is 32.2. The van der Waals surface area contributed by atoms with Crippen LogP contribution in [0.25, 0.3) is 25.6 Å². The Morgan fingerprint density at radius 1 is 0.778 bits per heavy atom. The van der Waals surface area contributed by atoms with E-state index in [9.17, 15) is 18.2 Å². The van der Waals surface area contributed by atoms with E-state index in [4.69, 9.17) is 30.3 Å². The number of rotatable bonds is 13. The van der Waals surface area contributed by atoms with Crippen molar-refractivity contribution in [3.8, 4) is 11.2 Å². The van der Waals surface area contributed by atoms with E-state index >= 15 is 0 Å².